The Hall–Kier alpha value is -5.08. The molecule has 178 valence electrons. The molecule has 0 saturated carbocycles. The largest absolute Gasteiger partial charge is 0.205 e. The van der Waals surface area contributed by atoms with Crippen molar-refractivity contribution in [1.29, 1.82) is 21.0 Å². The molecular weight excluding hydrogens is 510 g/mol. The Labute approximate surface area is 192 Å². The van der Waals surface area contributed by atoms with Crippen molar-refractivity contribution in [3.05, 3.63) is 80.4 Å². The van der Waals surface area contributed by atoms with Crippen molar-refractivity contribution in [3.63, 3.8) is 0 Å². The first kappa shape index (κ1) is 25.5. The van der Waals surface area contributed by atoms with E-state index >= 15 is 0 Å². The third-order valence-electron chi connectivity index (χ3n) is 4.85. The Morgan fingerprint density at radius 2 is 0.444 bits per heavy atom. The molecule has 36 heavy (non-hydrogen) atoms. The van der Waals surface area contributed by atoms with Crippen LogP contribution in [-0.4, -0.2) is 0 Å². The summed E-state index contributed by atoms with van der Waals surface area (Å²) in [5.41, 5.74) is -15.3. The van der Waals surface area contributed by atoms with E-state index in [0.717, 1.165) is 24.3 Å². The van der Waals surface area contributed by atoms with Gasteiger partial charge in [0.25, 0.3) is 0 Å². The fourth-order valence-corrected chi connectivity index (χ4v) is 3.25. The molecule has 0 atom stereocenters. The molecule has 14 heteroatoms. The number of nitriles is 4. The van der Waals surface area contributed by atoms with Crippen molar-refractivity contribution in [2.75, 3.05) is 0 Å². The van der Waals surface area contributed by atoms with Crippen LogP contribution >= 0.6 is 0 Å². The molecule has 3 rings (SSSR count). The Balaban J connectivity index is 2.56. The molecule has 0 aliphatic rings. The molecule has 3 aromatic carbocycles. The molecule has 0 radical (unpaired) electrons. The highest BCUT2D eigenvalue weighted by molar-refractivity contribution is 5.77. The molecular formula is C22F10N4. The average molecular weight is 510 g/mol. The van der Waals surface area contributed by atoms with Gasteiger partial charge in [-0.3, -0.25) is 0 Å². The van der Waals surface area contributed by atoms with Gasteiger partial charge in [-0.1, -0.05) is 0 Å². The van der Waals surface area contributed by atoms with E-state index in [1.165, 1.54) is 0 Å². The predicted molar refractivity (Wildman–Crippen MR) is 95.8 cm³/mol. The zero-order chi connectivity index (χ0) is 27.2. The molecule has 0 heterocycles. The quantitative estimate of drug-likeness (QED) is 0.317. The van der Waals surface area contributed by atoms with Crippen molar-refractivity contribution >= 4 is 0 Å². The highest BCUT2D eigenvalue weighted by Gasteiger charge is 2.37. The van der Waals surface area contributed by atoms with Gasteiger partial charge in [-0.15, -0.1) is 0 Å². The minimum Gasteiger partial charge on any atom is -0.205 e. The predicted octanol–water partition coefficient (Wildman–Crippen LogP) is 5.90. The maximum atomic E-state index is 14.8. The van der Waals surface area contributed by atoms with Gasteiger partial charge < -0.3 is 0 Å². The van der Waals surface area contributed by atoms with E-state index in [2.05, 4.69) is 0 Å². The lowest BCUT2D eigenvalue weighted by molar-refractivity contribution is 0.450. The van der Waals surface area contributed by atoms with E-state index in [9.17, 15) is 43.9 Å². The molecule has 0 bridgehead atoms. The molecule has 0 unspecified atom stereocenters. The first-order chi connectivity index (χ1) is 16.9. The van der Waals surface area contributed by atoms with Crippen LogP contribution in [0.25, 0.3) is 22.3 Å². The van der Waals surface area contributed by atoms with Crippen LogP contribution in [0.5, 0.6) is 0 Å². The summed E-state index contributed by atoms with van der Waals surface area (Å²) < 4.78 is 146. The molecule has 0 saturated heterocycles. The molecule has 0 aromatic heterocycles. The zero-order valence-electron chi connectivity index (χ0n) is 16.6. The van der Waals surface area contributed by atoms with Gasteiger partial charge in [-0.25, -0.2) is 43.9 Å². The third kappa shape index (κ3) is 3.28. The summed E-state index contributed by atoms with van der Waals surface area (Å²) in [5, 5.41) is 35.3. The van der Waals surface area contributed by atoms with Gasteiger partial charge in [0.05, 0.1) is 22.3 Å². The third-order valence-corrected chi connectivity index (χ3v) is 4.85. The van der Waals surface area contributed by atoms with Crippen LogP contribution in [-0.2, 0) is 0 Å². The van der Waals surface area contributed by atoms with E-state index in [0.29, 0.717) is 0 Å². The number of hydrogen-bond acceptors (Lipinski definition) is 4. The van der Waals surface area contributed by atoms with Crippen LogP contribution in [0.2, 0.25) is 0 Å². The average Bonchev–Trinajstić information content (AvgIpc) is 2.85. The van der Waals surface area contributed by atoms with Crippen LogP contribution in [0.3, 0.4) is 0 Å². The maximum absolute atomic E-state index is 14.8. The van der Waals surface area contributed by atoms with E-state index in [-0.39, 0.29) is 0 Å². The van der Waals surface area contributed by atoms with Crippen molar-refractivity contribution in [2.24, 2.45) is 0 Å². The highest BCUT2D eigenvalue weighted by atomic mass is 19.2. The summed E-state index contributed by atoms with van der Waals surface area (Å²) in [5.74, 6) is -25.5. The van der Waals surface area contributed by atoms with Crippen molar-refractivity contribution in [3.8, 4) is 46.5 Å². The van der Waals surface area contributed by atoms with Gasteiger partial charge in [0.1, 0.15) is 46.5 Å². The SMILES string of the molecule is N#Cc1c(F)c(F)c(-c2c(F)c(F)c(-c3c(F)c(F)c(C#N)c(C#N)c3F)c(F)c2F)c(F)c1C#N. The van der Waals surface area contributed by atoms with Crippen LogP contribution < -0.4 is 0 Å². The molecule has 0 aliphatic carbocycles. The Morgan fingerprint density at radius 1 is 0.278 bits per heavy atom. The fourth-order valence-electron chi connectivity index (χ4n) is 3.25. The summed E-state index contributed by atoms with van der Waals surface area (Å²) in [6.45, 7) is 0. The first-order valence-electron chi connectivity index (χ1n) is 8.78. The normalized spacial score (nSPS) is 10.4. The topological polar surface area (TPSA) is 95.2 Å². The molecule has 0 fully saturated rings. The standard InChI is InChI=1S/C22F10N4/c23-13-5(1-33)7(3-35)15(25)17(27)9(13)11-19(29)21(31)12(22(32)20(11)30)10-14(24)6(2-34)8(4-36)16(26)18(10)28. The van der Waals surface area contributed by atoms with Crippen molar-refractivity contribution in [2.45, 2.75) is 0 Å². The molecule has 0 N–H and O–H groups in total. The summed E-state index contributed by atoms with van der Waals surface area (Å²) in [6, 6.07) is 3.65. The van der Waals surface area contributed by atoms with E-state index < -0.39 is 103 Å². The zero-order valence-corrected chi connectivity index (χ0v) is 16.6. The van der Waals surface area contributed by atoms with Gasteiger partial charge in [-0.2, -0.15) is 21.0 Å². The number of hydrogen-bond donors (Lipinski definition) is 0. The number of benzene rings is 3. The van der Waals surface area contributed by atoms with Gasteiger partial charge in [-0.05, 0) is 0 Å². The monoisotopic (exact) mass is 510 g/mol. The second-order valence-corrected chi connectivity index (χ2v) is 6.59. The molecule has 0 aliphatic heterocycles. The van der Waals surface area contributed by atoms with Crippen molar-refractivity contribution < 1.29 is 43.9 Å². The second kappa shape index (κ2) is 8.94. The smallest absolute Gasteiger partial charge is 0.178 e. The summed E-state index contributed by atoms with van der Waals surface area (Å²) in [4.78, 5) is 0. The lowest BCUT2D eigenvalue weighted by Crippen LogP contribution is -2.11. The lowest BCUT2D eigenvalue weighted by Gasteiger charge is -2.16. The van der Waals surface area contributed by atoms with Gasteiger partial charge in [0.15, 0.2) is 58.2 Å². The molecule has 3 aromatic rings. The Kier molecular flexibility index (Phi) is 6.34. The first-order valence-corrected chi connectivity index (χ1v) is 8.78. The summed E-state index contributed by atoms with van der Waals surface area (Å²) in [6.07, 6.45) is 0. The van der Waals surface area contributed by atoms with Gasteiger partial charge in [0.2, 0.25) is 0 Å². The van der Waals surface area contributed by atoms with Crippen LogP contribution in [0.15, 0.2) is 0 Å². The number of halogens is 10. The number of rotatable bonds is 2. The molecule has 4 nitrogen and oxygen atoms in total. The lowest BCUT2D eigenvalue weighted by atomic mass is 9.92. The van der Waals surface area contributed by atoms with Crippen LogP contribution in [0, 0.1) is 103 Å². The van der Waals surface area contributed by atoms with E-state index in [4.69, 9.17) is 21.0 Å². The van der Waals surface area contributed by atoms with Crippen molar-refractivity contribution in [1.82, 2.24) is 0 Å². The Bertz CT molecular complexity index is 1530. The van der Waals surface area contributed by atoms with Gasteiger partial charge >= 0.3 is 0 Å². The van der Waals surface area contributed by atoms with E-state index in [1.807, 2.05) is 0 Å². The maximum Gasteiger partial charge on any atom is 0.178 e. The summed E-state index contributed by atoms with van der Waals surface area (Å²) in [7, 11) is 0. The number of nitrogens with zero attached hydrogens (tertiary/aromatic N) is 4. The highest BCUT2D eigenvalue weighted by Crippen LogP contribution is 2.43. The van der Waals surface area contributed by atoms with Crippen LogP contribution in [0.4, 0.5) is 43.9 Å². The molecule has 0 spiro atoms. The summed E-state index contributed by atoms with van der Waals surface area (Å²) >= 11 is 0. The molecule has 0 amide bonds. The fraction of sp³-hybridized carbons (Fsp3) is 0. The van der Waals surface area contributed by atoms with Gasteiger partial charge in [0, 0.05) is 0 Å². The Morgan fingerprint density at radius 3 is 0.667 bits per heavy atom. The minimum absolute atomic E-state index is 0.909. The van der Waals surface area contributed by atoms with Crippen LogP contribution in [0.1, 0.15) is 22.3 Å². The minimum atomic E-state index is -2.78. The second-order valence-electron chi connectivity index (χ2n) is 6.59. The van der Waals surface area contributed by atoms with E-state index in [1.54, 1.807) is 0 Å².